The third-order valence-electron chi connectivity index (χ3n) is 5.46. The summed E-state index contributed by atoms with van der Waals surface area (Å²) in [7, 11) is 0. The lowest BCUT2D eigenvalue weighted by Gasteiger charge is -2.11. The van der Waals surface area contributed by atoms with Crippen molar-refractivity contribution in [3.05, 3.63) is 87.3 Å². The van der Waals surface area contributed by atoms with Gasteiger partial charge >= 0.3 is 0 Å². The highest BCUT2D eigenvalue weighted by atomic mass is 35.5. The number of imidazole rings is 1. The normalized spacial score (nSPS) is 11.1. The van der Waals surface area contributed by atoms with Crippen LogP contribution in [0, 0.1) is 6.92 Å². The second kappa shape index (κ2) is 9.72. The molecule has 5 nitrogen and oxygen atoms in total. The van der Waals surface area contributed by atoms with E-state index in [0.717, 1.165) is 47.4 Å². The molecule has 1 N–H and O–H groups in total. The minimum atomic E-state index is -0.210. The van der Waals surface area contributed by atoms with Crippen molar-refractivity contribution in [3.8, 4) is 0 Å². The molecule has 164 valence electrons. The van der Waals surface area contributed by atoms with Gasteiger partial charge in [-0.2, -0.15) is 0 Å². The van der Waals surface area contributed by atoms with Crippen molar-refractivity contribution in [3.63, 3.8) is 0 Å². The molecule has 0 bridgehead atoms. The topological polar surface area (TPSA) is 59.8 Å². The van der Waals surface area contributed by atoms with Crippen LogP contribution in [0.5, 0.6) is 0 Å². The Morgan fingerprint density at radius 3 is 2.34 bits per heavy atom. The van der Waals surface area contributed by atoms with Crippen molar-refractivity contribution < 1.29 is 4.79 Å². The number of nitrogens with zero attached hydrogens (tertiary/aromatic N) is 3. The molecule has 1 amide bonds. The van der Waals surface area contributed by atoms with E-state index in [0.29, 0.717) is 27.8 Å². The standard InChI is InChI=1S/C25H24Cl2N4O/c1-3-4-5-22-30-23-16(2)21(29-25(32)18-8-12-20(27)13-9-18)14-28-24(23)31(22)15-17-6-10-19(26)11-7-17/h6-14H,3-5,15H2,1-2H3,(H,29,32). The first-order valence-electron chi connectivity index (χ1n) is 10.6. The number of carbonyl (C=O) groups is 1. The highest BCUT2D eigenvalue weighted by molar-refractivity contribution is 6.31. The molecule has 2 aromatic heterocycles. The fourth-order valence-electron chi connectivity index (χ4n) is 3.61. The molecule has 4 aromatic rings. The Balaban J connectivity index is 1.69. The molecule has 0 atom stereocenters. The molecule has 0 spiro atoms. The first-order valence-corrected chi connectivity index (χ1v) is 11.4. The maximum absolute atomic E-state index is 12.7. The third-order valence-corrected chi connectivity index (χ3v) is 5.96. The summed E-state index contributed by atoms with van der Waals surface area (Å²) in [6.45, 7) is 4.79. The molecule has 2 aromatic carbocycles. The zero-order chi connectivity index (χ0) is 22.7. The number of anilines is 1. The van der Waals surface area contributed by atoms with Gasteiger partial charge in [0.05, 0.1) is 18.4 Å². The molecule has 0 fully saturated rings. The van der Waals surface area contributed by atoms with E-state index >= 15 is 0 Å². The average molecular weight is 467 g/mol. The van der Waals surface area contributed by atoms with Crippen LogP contribution in [0.15, 0.2) is 54.7 Å². The average Bonchev–Trinajstić information content (AvgIpc) is 3.14. The molecule has 32 heavy (non-hydrogen) atoms. The number of hydrogen-bond donors (Lipinski definition) is 1. The lowest BCUT2D eigenvalue weighted by molar-refractivity contribution is 0.102. The molecule has 0 aliphatic rings. The molecule has 0 saturated carbocycles. The van der Waals surface area contributed by atoms with Gasteiger partial charge in [0.2, 0.25) is 0 Å². The number of nitrogens with one attached hydrogen (secondary N) is 1. The van der Waals surface area contributed by atoms with Gasteiger partial charge in [0, 0.05) is 27.6 Å². The van der Waals surface area contributed by atoms with Crippen LogP contribution in [-0.2, 0) is 13.0 Å². The minimum absolute atomic E-state index is 0.210. The summed E-state index contributed by atoms with van der Waals surface area (Å²) >= 11 is 12.0. The van der Waals surface area contributed by atoms with Gasteiger partial charge in [-0.05, 0) is 55.3 Å². The van der Waals surface area contributed by atoms with Crippen LogP contribution in [0.1, 0.15) is 47.1 Å². The van der Waals surface area contributed by atoms with Gasteiger partial charge in [-0.25, -0.2) is 9.97 Å². The number of pyridine rings is 1. The molecule has 0 aliphatic carbocycles. The lowest BCUT2D eigenvalue weighted by atomic mass is 10.2. The number of rotatable bonds is 7. The Morgan fingerprint density at radius 2 is 1.69 bits per heavy atom. The van der Waals surface area contributed by atoms with E-state index in [1.165, 1.54) is 0 Å². The number of aromatic nitrogens is 3. The van der Waals surface area contributed by atoms with Crippen molar-refractivity contribution in [1.82, 2.24) is 14.5 Å². The zero-order valence-corrected chi connectivity index (χ0v) is 19.5. The number of amides is 1. The van der Waals surface area contributed by atoms with Gasteiger partial charge in [0.25, 0.3) is 5.91 Å². The van der Waals surface area contributed by atoms with Crippen LogP contribution >= 0.6 is 23.2 Å². The molecule has 4 rings (SSSR count). The Bertz CT molecular complexity index is 1250. The molecule has 0 saturated heterocycles. The van der Waals surface area contributed by atoms with Crippen molar-refractivity contribution in [1.29, 1.82) is 0 Å². The van der Waals surface area contributed by atoms with E-state index in [1.54, 1.807) is 30.5 Å². The first kappa shape index (κ1) is 22.3. The van der Waals surface area contributed by atoms with Crippen molar-refractivity contribution in [2.45, 2.75) is 39.7 Å². The maximum atomic E-state index is 12.7. The third kappa shape index (κ3) is 4.79. The van der Waals surface area contributed by atoms with Gasteiger partial charge in [-0.3, -0.25) is 4.79 Å². The highest BCUT2D eigenvalue weighted by Crippen LogP contribution is 2.26. The lowest BCUT2D eigenvalue weighted by Crippen LogP contribution is -2.13. The monoisotopic (exact) mass is 466 g/mol. The predicted molar refractivity (Wildman–Crippen MR) is 131 cm³/mol. The van der Waals surface area contributed by atoms with Gasteiger partial charge in [0.1, 0.15) is 11.3 Å². The van der Waals surface area contributed by atoms with Crippen molar-refractivity contribution in [2.75, 3.05) is 5.32 Å². The number of fused-ring (bicyclic) bond motifs is 1. The first-order chi connectivity index (χ1) is 15.5. The second-order valence-corrected chi connectivity index (χ2v) is 8.65. The van der Waals surface area contributed by atoms with Gasteiger partial charge in [-0.1, -0.05) is 48.7 Å². The van der Waals surface area contributed by atoms with Crippen LogP contribution < -0.4 is 5.32 Å². The number of aryl methyl sites for hydroxylation is 2. The number of unbranched alkanes of at least 4 members (excludes halogenated alkanes) is 1. The van der Waals surface area contributed by atoms with Crippen LogP contribution in [0.2, 0.25) is 10.0 Å². The molecule has 0 radical (unpaired) electrons. The van der Waals surface area contributed by atoms with E-state index in [1.807, 2.05) is 31.2 Å². The minimum Gasteiger partial charge on any atom is -0.320 e. The van der Waals surface area contributed by atoms with Crippen molar-refractivity contribution >= 4 is 46.0 Å². The molecular weight excluding hydrogens is 443 g/mol. The Kier molecular flexibility index (Phi) is 6.77. The summed E-state index contributed by atoms with van der Waals surface area (Å²) in [6, 6.07) is 14.6. The number of benzene rings is 2. The summed E-state index contributed by atoms with van der Waals surface area (Å²) in [5.41, 5.74) is 4.82. The van der Waals surface area contributed by atoms with E-state index in [2.05, 4.69) is 21.8 Å². The van der Waals surface area contributed by atoms with Gasteiger partial charge in [0.15, 0.2) is 5.65 Å². The van der Waals surface area contributed by atoms with E-state index < -0.39 is 0 Å². The fraction of sp³-hybridized carbons (Fsp3) is 0.240. The zero-order valence-electron chi connectivity index (χ0n) is 18.0. The summed E-state index contributed by atoms with van der Waals surface area (Å²) in [5.74, 6) is 0.784. The highest BCUT2D eigenvalue weighted by Gasteiger charge is 2.17. The molecule has 0 unspecified atom stereocenters. The largest absolute Gasteiger partial charge is 0.320 e. The summed E-state index contributed by atoms with van der Waals surface area (Å²) in [4.78, 5) is 22.3. The molecule has 2 heterocycles. The van der Waals surface area contributed by atoms with Crippen LogP contribution in [-0.4, -0.2) is 20.4 Å². The number of hydrogen-bond acceptors (Lipinski definition) is 3. The number of carbonyl (C=O) groups excluding carboxylic acids is 1. The van der Waals surface area contributed by atoms with Gasteiger partial charge in [-0.15, -0.1) is 0 Å². The van der Waals surface area contributed by atoms with E-state index in [4.69, 9.17) is 28.2 Å². The van der Waals surface area contributed by atoms with Crippen molar-refractivity contribution in [2.24, 2.45) is 0 Å². The fourth-order valence-corrected chi connectivity index (χ4v) is 3.86. The predicted octanol–water partition coefficient (Wildman–Crippen LogP) is 6.69. The van der Waals surface area contributed by atoms with Crippen LogP contribution in [0.25, 0.3) is 11.2 Å². The SMILES string of the molecule is CCCCc1nc2c(C)c(NC(=O)c3ccc(Cl)cc3)cnc2n1Cc1ccc(Cl)cc1. The summed E-state index contributed by atoms with van der Waals surface area (Å²) in [6.07, 6.45) is 4.70. The maximum Gasteiger partial charge on any atom is 0.255 e. The Labute approximate surface area is 197 Å². The Hall–Kier alpha value is -2.89. The van der Waals surface area contributed by atoms with Crippen LogP contribution in [0.4, 0.5) is 5.69 Å². The number of halogens is 2. The second-order valence-electron chi connectivity index (χ2n) is 7.77. The smallest absolute Gasteiger partial charge is 0.255 e. The van der Waals surface area contributed by atoms with E-state index in [-0.39, 0.29) is 5.91 Å². The Morgan fingerprint density at radius 1 is 1.03 bits per heavy atom. The molecule has 7 heteroatoms. The quantitative estimate of drug-likeness (QED) is 0.329. The van der Waals surface area contributed by atoms with Gasteiger partial charge < -0.3 is 9.88 Å². The molecule has 0 aliphatic heterocycles. The van der Waals surface area contributed by atoms with Crippen LogP contribution in [0.3, 0.4) is 0 Å². The molecular formula is C25H24Cl2N4O. The summed E-state index contributed by atoms with van der Waals surface area (Å²) < 4.78 is 2.16. The van der Waals surface area contributed by atoms with E-state index in [9.17, 15) is 4.79 Å². The summed E-state index contributed by atoms with van der Waals surface area (Å²) in [5, 5.41) is 4.26.